The van der Waals surface area contributed by atoms with Crippen molar-refractivity contribution in [2.24, 2.45) is 5.10 Å². The van der Waals surface area contributed by atoms with Crippen LogP contribution in [-0.4, -0.2) is 22.7 Å². The molecule has 0 N–H and O–H groups in total. The van der Waals surface area contributed by atoms with Gasteiger partial charge in [0.05, 0.1) is 16.8 Å². The van der Waals surface area contributed by atoms with E-state index in [1.807, 2.05) is 60.7 Å². The largest absolute Gasteiger partial charge is 0.459 e. The molecule has 4 aromatic rings. The van der Waals surface area contributed by atoms with Crippen molar-refractivity contribution in [2.75, 3.05) is 0 Å². The Balaban J connectivity index is 1.38. The number of ether oxygens (including phenoxy) is 1. The van der Waals surface area contributed by atoms with Gasteiger partial charge < -0.3 is 4.74 Å². The van der Waals surface area contributed by atoms with Gasteiger partial charge in [-0.1, -0.05) is 108 Å². The highest BCUT2D eigenvalue weighted by Crippen LogP contribution is 2.47. The van der Waals surface area contributed by atoms with Gasteiger partial charge in [0.25, 0.3) is 6.23 Å². The van der Waals surface area contributed by atoms with E-state index in [9.17, 15) is 4.79 Å². The minimum Gasteiger partial charge on any atom is -0.459 e. The van der Waals surface area contributed by atoms with Gasteiger partial charge in [-0.3, -0.25) is 4.79 Å². The third-order valence-electron chi connectivity index (χ3n) is 6.69. The predicted octanol–water partition coefficient (Wildman–Crippen LogP) is 7.72. The lowest BCUT2D eigenvalue weighted by Crippen LogP contribution is -2.46. The van der Waals surface area contributed by atoms with Gasteiger partial charge in [0.1, 0.15) is 5.75 Å². The minimum atomic E-state index is -0.938. The van der Waals surface area contributed by atoms with Gasteiger partial charge in [0, 0.05) is 22.6 Å². The third-order valence-corrected chi connectivity index (χ3v) is 7.19. The summed E-state index contributed by atoms with van der Waals surface area (Å²) in [7, 11) is 0. The summed E-state index contributed by atoms with van der Waals surface area (Å²) in [5.74, 6) is 0.312. The van der Waals surface area contributed by atoms with Crippen LogP contribution in [0, 0.1) is 6.92 Å². The quantitative estimate of drug-likeness (QED) is 0.263. The second-order valence-corrected chi connectivity index (χ2v) is 9.94. The minimum absolute atomic E-state index is 0.176. The Hall–Kier alpha value is -3.60. The van der Waals surface area contributed by atoms with Gasteiger partial charge in [0.15, 0.2) is 0 Å². The Bertz CT molecular complexity index is 1480. The zero-order valence-corrected chi connectivity index (χ0v) is 21.0. The molecule has 4 nitrogen and oxygen atoms in total. The molecule has 2 unspecified atom stereocenters. The lowest BCUT2D eigenvalue weighted by atomic mass is 9.95. The zero-order valence-electron chi connectivity index (χ0n) is 19.5. The molecule has 0 saturated carbocycles. The molecule has 0 aliphatic carbocycles. The molecule has 2 aliphatic heterocycles. The van der Waals surface area contributed by atoms with E-state index in [2.05, 4.69) is 31.2 Å². The van der Waals surface area contributed by atoms with Gasteiger partial charge in [-0.15, -0.1) is 0 Å². The summed E-state index contributed by atoms with van der Waals surface area (Å²) in [6.07, 6.45) is -0.320. The summed E-state index contributed by atoms with van der Waals surface area (Å²) in [6, 6.07) is 29.1. The smallest absolute Gasteiger partial charge is 0.251 e. The molecule has 6 rings (SSSR count). The number of carbonyl (C=O) groups is 1. The molecule has 178 valence electrons. The molecule has 36 heavy (non-hydrogen) atoms. The maximum atomic E-state index is 13.8. The number of carbonyl (C=O) groups excluding carboxylic acids is 1. The lowest BCUT2D eigenvalue weighted by molar-refractivity contribution is -0.00447. The zero-order chi connectivity index (χ0) is 24.8. The standard InChI is InChI=1S/C30H22Cl2N2O2/c1-18-7-9-21(10-8-18)26-17-27-24-15-23(31)16-25(32)29(24)36-30(34(27)33-26)28(35)22-13-11-20(12-14-22)19-5-3-2-4-6-19/h2-16,27,30H,17H2,1H3. The molecular formula is C30H22Cl2N2O2. The second-order valence-electron chi connectivity index (χ2n) is 9.10. The Morgan fingerprint density at radius 2 is 1.56 bits per heavy atom. The highest BCUT2D eigenvalue weighted by molar-refractivity contribution is 6.35. The summed E-state index contributed by atoms with van der Waals surface area (Å²) >= 11 is 12.9. The van der Waals surface area contributed by atoms with Crippen LogP contribution in [0.1, 0.15) is 39.5 Å². The van der Waals surface area contributed by atoms with Crippen molar-refractivity contribution in [3.8, 4) is 16.9 Å². The maximum Gasteiger partial charge on any atom is 0.251 e. The Morgan fingerprint density at radius 3 is 2.28 bits per heavy atom. The summed E-state index contributed by atoms with van der Waals surface area (Å²) in [6.45, 7) is 2.05. The normalized spacial score (nSPS) is 18.2. The summed E-state index contributed by atoms with van der Waals surface area (Å²) in [5.41, 5.74) is 6.60. The van der Waals surface area contributed by atoms with E-state index in [0.717, 1.165) is 28.0 Å². The van der Waals surface area contributed by atoms with Crippen LogP contribution in [0.15, 0.2) is 96.1 Å². The average molecular weight is 513 g/mol. The molecule has 2 atom stereocenters. The number of halogens is 2. The van der Waals surface area contributed by atoms with Crippen LogP contribution < -0.4 is 4.74 Å². The molecule has 0 spiro atoms. The van der Waals surface area contributed by atoms with Crippen LogP contribution in [0.3, 0.4) is 0 Å². The number of benzene rings is 4. The molecule has 2 aliphatic rings. The Kier molecular flexibility index (Phi) is 5.79. The molecule has 2 heterocycles. The van der Waals surface area contributed by atoms with Crippen LogP contribution in [0.4, 0.5) is 0 Å². The lowest BCUT2D eigenvalue weighted by Gasteiger charge is -2.37. The van der Waals surface area contributed by atoms with E-state index in [4.69, 9.17) is 33.0 Å². The van der Waals surface area contributed by atoms with E-state index >= 15 is 0 Å². The van der Waals surface area contributed by atoms with Crippen LogP contribution in [0.2, 0.25) is 10.0 Å². The monoisotopic (exact) mass is 512 g/mol. The van der Waals surface area contributed by atoms with Crippen LogP contribution in [-0.2, 0) is 0 Å². The number of aryl methyl sites for hydroxylation is 1. The van der Waals surface area contributed by atoms with E-state index in [-0.39, 0.29) is 11.8 Å². The van der Waals surface area contributed by atoms with Crippen molar-refractivity contribution in [1.29, 1.82) is 0 Å². The van der Waals surface area contributed by atoms with Gasteiger partial charge in [0.2, 0.25) is 5.78 Å². The number of rotatable bonds is 4. The average Bonchev–Trinajstić information content (AvgIpc) is 3.35. The molecule has 0 fully saturated rings. The first kappa shape index (κ1) is 22.8. The number of hydrogen-bond acceptors (Lipinski definition) is 4. The summed E-state index contributed by atoms with van der Waals surface area (Å²) in [4.78, 5) is 13.8. The van der Waals surface area contributed by atoms with Gasteiger partial charge in [-0.25, -0.2) is 5.01 Å². The molecule has 0 saturated heterocycles. The fourth-order valence-electron chi connectivity index (χ4n) is 4.81. The highest BCUT2D eigenvalue weighted by atomic mass is 35.5. The molecule has 0 radical (unpaired) electrons. The van der Waals surface area contributed by atoms with E-state index < -0.39 is 6.23 Å². The Labute approximate surface area is 219 Å². The van der Waals surface area contributed by atoms with Gasteiger partial charge in [-0.05, 0) is 35.7 Å². The van der Waals surface area contributed by atoms with Gasteiger partial charge in [-0.2, -0.15) is 5.10 Å². The molecule has 0 bridgehead atoms. The molecule has 0 amide bonds. The second kappa shape index (κ2) is 9.12. The molecule has 4 aromatic carbocycles. The van der Waals surface area contributed by atoms with Crippen LogP contribution in [0.5, 0.6) is 5.75 Å². The van der Waals surface area contributed by atoms with Crippen molar-refractivity contribution in [3.05, 3.63) is 123 Å². The number of Topliss-reactive ketones (excluding diaryl/α,β-unsaturated/α-hetero) is 1. The number of ketones is 1. The van der Waals surface area contributed by atoms with E-state index in [1.165, 1.54) is 5.56 Å². The number of fused-ring (bicyclic) bond motifs is 3. The first-order chi connectivity index (χ1) is 17.5. The van der Waals surface area contributed by atoms with E-state index in [1.54, 1.807) is 11.1 Å². The first-order valence-corrected chi connectivity index (χ1v) is 12.5. The summed E-state index contributed by atoms with van der Waals surface area (Å²) < 4.78 is 6.24. The highest BCUT2D eigenvalue weighted by Gasteiger charge is 2.44. The number of nitrogens with zero attached hydrogens (tertiary/aromatic N) is 2. The van der Waals surface area contributed by atoms with Crippen LogP contribution in [0.25, 0.3) is 11.1 Å². The first-order valence-electron chi connectivity index (χ1n) is 11.8. The topological polar surface area (TPSA) is 41.9 Å². The Morgan fingerprint density at radius 1 is 0.889 bits per heavy atom. The maximum absolute atomic E-state index is 13.8. The molecule has 6 heteroatoms. The molecular weight excluding hydrogens is 491 g/mol. The van der Waals surface area contributed by atoms with Crippen molar-refractivity contribution in [1.82, 2.24) is 5.01 Å². The molecule has 0 aromatic heterocycles. The number of hydrazone groups is 1. The fraction of sp³-hybridized carbons (Fsp3) is 0.133. The van der Waals surface area contributed by atoms with Crippen LogP contribution >= 0.6 is 23.2 Å². The SMILES string of the molecule is Cc1ccc(C2=NN3C(C(=O)c4ccc(-c5ccccc5)cc4)Oc4c(Cl)cc(Cl)cc4C3C2)cc1. The van der Waals surface area contributed by atoms with Crippen molar-refractivity contribution >= 4 is 34.7 Å². The van der Waals surface area contributed by atoms with Crippen molar-refractivity contribution in [3.63, 3.8) is 0 Å². The summed E-state index contributed by atoms with van der Waals surface area (Å²) in [5, 5.41) is 7.55. The fourth-order valence-corrected chi connectivity index (χ4v) is 5.36. The van der Waals surface area contributed by atoms with Crippen molar-refractivity contribution < 1.29 is 9.53 Å². The predicted molar refractivity (Wildman–Crippen MR) is 144 cm³/mol. The van der Waals surface area contributed by atoms with Gasteiger partial charge >= 0.3 is 0 Å². The van der Waals surface area contributed by atoms with Crippen molar-refractivity contribution in [2.45, 2.75) is 25.6 Å². The van der Waals surface area contributed by atoms with E-state index in [0.29, 0.717) is 27.8 Å². The number of hydrogen-bond donors (Lipinski definition) is 0. The third kappa shape index (κ3) is 4.06.